The SMILES string of the molecule is Cc1cc(C(=O)O)cc(C(=O)O)c1CO.c1ccc(C(c2ccccc2)(c2ccccc2)c2ncc[nH]2)cc1. The first-order chi connectivity index (χ1) is 18.9. The fourth-order valence-electron chi connectivity index (χ4n) is 4.79. The Morgan fingerprint density at radius 1 is 0.769 bits per heavy atom. The predicted octanol–water partition coefficient (Wildman–Crippen LogP) is 5.68. The number of nitrogens with one attached hydrogen (secondary N) is 1. The fraction of sp³-hybridized carbons (Fsp3) is 0.0938. The number of rotatable bonds is 7. The van der Waals surface area contributed by atoms with Gasteiger partial charge in [0.2, 0.25) is 0 Å². The molecule has 5 aromatic rings. The standard InChI is InChI=1S/C22H18N2.C10H10O5/c1-4-10-18(11-5-1)22(21-23-16-17-24-21,19-12-6-2-7-13-19)20-14-8-3-9-15-20;1-5-2-6(9(12)13)3-7(10(14)15)8(5)4-11/h1-17H,(H,23,24);2-3,11H,4H2,1H3,(H,12,13)(H,14,15). The summed E-state index contributed by atoms with van der Waals surface area (Å²) in [6, 6.07) is 34.0. The van der Waals surface area contributed by atoms with Crippen LogP contribution in [-0.4, -0.2) is 37.2 Å². The maximum atomic E-state index is 10.8. The topological polar surface area (TPSA) is 124 Å². The Morgan fingerprint density at radius 2 is 1.26 bits per heavy atom. The van der Waals surface area contributed by atoms with Crippen LogP contribution < -0.4 is 0 Å². The van der Waals surface area contributed by atoms with Gasteiger partial charge in [-0.15, -0.1) is 0 Å². The molecule has 0 aliphatic heterocycles. The van der Waals surface area contributed by atoms with Crippen LogP contribution in [-0.2, 0) is 12.0 Å². The number of aliphatic hydroxyl groups excluding tert-OH is 1. The molecule has 1 heterocycles. The highest BCUT2D eigenvalue weighted by Gasteiger charge is 2.40. The quantitative estimate of drug-likeness (QED) is 0.205. The number of benzene rings is 4. The number of carbonyl (C=O) groups is 2. The van der Waals surface area contributed by atoms with Gasteiger partial charge in [-0.05, 0) is 46.9 Å². The van der Waals surface area contributed by atoms with E-state index < -0.39 is 24.0 Å². The van der Waals surface area contributed by atoms with Crippen molar-refractivity contribution in [3.8, 4) is 0 Å². The lowest BCUT2D eigenvalue weighted by molar-refractivity contribution is 0.0693. The van der Waals surface area contributed by atoms with Crippen LogP contribution in [0, 0.1) is 6.92 Å². The number of aromatic amines is 1. The third-order valence-electron chi connectivity index (χ3n) is 6.58. The molecule has 39 heavy (non-hydrogen) atoms. The van der Waals surface area contributed by atoms with E-state index in [0.29, 0.717) is 5.56 Å². The van der Waals surface area contributed by atoms with Crippen molar-refractivity contribution in [2.75, 3.05) is 0 Å². The first kappa shape index (κ1) is 27.0. The van der Waals surface area contributed by atoms with Crippen molar-refractivity contribution in [3.63, 3.8) is 0 Å². The largest absolute Gasteiger partial charge is 0.478 e. The third-order valence-corrected chi connectivity index (χ3v) is 6.58. The van der Waals surface area contributed by atoms with Gasteiger partial charge in [-0.1, -0.05) is 91.0 Å². The van der Waals surface area contributed by atoms with Gasteiger partial charge >= 0.3 is 11.9 Å². The summed E-state index contributed by atoms with van der Waals surface area (Å²) < 4.78 is 0. The van der Waals surface area contributed by atoms with Crippen molar-refractivity contribution in [1.82, 2.24) is 9.97 Å². The molecule has 0 saturated carbocycles. The molecule has 0 spiro atoms. The van der Waals surface area contributed by atoms with Crippen LogP contribution in [0.25, 0.3) is 0 Å². The summed E-state index contributed by atoms with van der Waals surface area (Å²) in [7, 11) is 0. The minimum absolute atomic E-state index is 0.0953. The number of hydrogen-bond donors (Lipinski definition) is 4. The van der Waals surface area contributed by atoms with Crippen LogP contribution >= 0.6 is 0 Å². The van der Waals surface area contributed by atoms with E-state index in [-0.39, 0.29) is 16.7 Å². The molecule has 0 radical (unpaired) electrons. The van der Waals surface area contributed by atoms with Gasteiger partial charge in [0, 0.05) is 12.4 Å². The summed E-state index contributed by atoms with van der Waals surface area (Å²) in [5, 5.41) is 26.5. The van der Waals surface area contributed by atoms with Crippen LogP contribution in [0.4, 0.5) is 0 Å². The van der Waals surface area contributed by atoms with Crippen LogP contribution in [0.1, 0.15) is 54.4 Å². The minimum atomic E-state index is -1.25. The average molecular weight is 521 g/mol. The highest BCUT2D eigenvalue weighted by Crippen LogP contribution is 2.43. The molecule has 0 amide bonds. The fourth-order valence-corrected chi connectivity index (χ4v) is 4.79. The zero-order chi connectivity index (χ0) is 27.8. The van der Waals surface area contributed by atoms with Crippen LogP contribution in [0.3, 0.4) is 0 Å². The van der Waals surface area contributed by atoms with Crippen LogP contribution in [0.5, 0.6) is 0 Å². The molecule has 0 fully saturated rings. The minimum Gasteiger partial charge on any atom is -0.478 e. The number of aromatic nitrogens is 2. The Morgan fingerprint density at radius 3 is 1.62 bits per heavy atom. The van der Waals surface area contributed by atoms with Gasteiger partial charge in [0.25, 0.3) is 0 Å². The van der Waals surface area contributed by atoms with Crippen LogP contribution in [0.15, 0.2) is 116 Å². The zero-order valence-electron chi connectivity index (χ0n) is 21.3. The number of aryl methyl sites for hydroxylation is 1. The van der Waals surface area contributed by atoms with Gasteiger partial charge in [0.1, 0.15) is 11.2 Å². The van der Waals surface area contributed by atoms with Crippen molar-refractivity contribution < 1.29 is 24.9 Å². The number of carboxylic acid groups (broad SMARTS) is 2. The summed E-state index contributed by atoms with van der Waals surface area (Å²) in [6.07, 6.45) is 3.71. The van der Waals surface area contributed by atoms with E-state index in [1.165, 1.54) is 22.8 Å². The number of nitrogens with zero attached hydrogens (tertiary/aromatic N) is 1. The Balaban J connectivity index is 0.000000204. The molecule has 7 nitrogen and oxygen atoms in total. The molecule has 5 rings (SSSR count). The molecule has 0 aliphatic rings. The number of H-pyrrole nitrogens is 1. The molecule has 0 saturated heterocycles. The number of hydrogen-bond acceptors (Lipinski definition) is 4. The summed E-state index contributed by atoms with van der Waals surface area (Å²) >= 11 is 0. The molecule has 1 aromatic heterocycles. The molecule has 196 valence electrons. The molecular formula is C32H28N2O5. The normalized spacial score (nSPS) is 10.8. The van der Waals surface area contributed by atoms with Crippen molar-refractivity contribution in [3.05, 3.63) is 160 Å². The van der Waals surface area contributed by atoms with Crippen molar-refractivity contribution in [1.29, 1.82) is 0 Å². The van der Waals surface area contributed by atoms with Crippen molar-refractivity contribution in [2.45, 2.75) is 18.9 Å². The lowest BCUT2D eigenvalue weighted by Gasteiger charge is -2.34. The van der Waals surface area contributed by atoms with E-state index in [1.54, 1.807) is 6.92 Å². The van der Waals surface area contributed by atoms with Gasteiger partial charge in [0.15, 0.2) is 0 Å². The highest BCUT2D eigenvalue weighted by atomic mass is 16.4. The maximum Gasteiger partial charge on any atom is 0.336 e. The van der Waals surface area contributed by atoms with Crippen molar-refractivity contribution >= 4 is 11.9 Å². The predicted molar refractivity (Wildman–Crippen MR) is 148 cm³/mol. The molecule has 4 aromatic carbocycles. The number of carboxylic acids is 2. The van der Waals surface area contributed by atoms with E-state index in [4.69, 9.17) is 15.3 Å². The average Bonchev–Trinajstić information content (AvgIpc) is 3.50. The third kappa shape index (κ3) is 5.49. The second kappa shape index (κ2) is 12.0. The van der Waals surface area contributed by atoms with Gasteiger partial charge in [-0.25, -0.2) is 14.6 Å². The van der Waals surface area contributed by atoms with Gasteiger partial charge < -0.3 is 20.3 Å². The van der Waals surface area contributed by atoms with Gasteiger partial charge in [-0.3, -0.25) is 0 Å². The second-order valence-electron chi connectivity index (χ2n) is 8.87. The molecule has 0 aliphatic carbocycles. The molecular weight excluding hydrogens is 492 g/mol. The molecule has 7 heteroatoms. The Bertz CT molecular complexity index is 1440. The zero-order valence-corrected chi connectivity index (χ0v) is 21.3. The molecule has 0 atom stereocenters. The van der Waals surface area contributed by atoms with Crippen LogP contribution in [0.2, 0.25) is 0 Å². The lowest BCUT2D eigenvalue weighted by atomic mass is 9.69. The van der Waals surface area contributed by atoms with E-state index in [1.807, 2.05) is 30.6 Å². The van der Waals surface area contributed by atoms with Gasteiger partial charge in [-0.2, -0.15) is 0 Å². The maximum absolute atomic E-state index is 10.8. The van der Waals surface area contributed by atoms with E-state index in [2.05, 4.69) is 82.8 Å². The summed E-state index contributed by atoms with van der Waals surface area (Å²) in [5.74, 6) is -1.51. The first-order valence-corrected chi connectivity index (χ1v) is 12.3. The Labute approximate surface area is 226 Å². The highest BCUT2D eigenvalue weighted by molar-refractivity contribution is 5.95. The van der Waals surface area contributed by atoms with E-state index in [0.717, 1.165) is 11.9 Å². The van der Waals surface area contributed by atoms with E-state index >= 15 is 0 Å². The van der Waals surface area contributed by atoms with Crippen molar-refractivity contribution in [2.24, 2.45) is 0 Å². The molecule has 0 unspecified atom stereocenters. The summed E-state index contributed by atoms with van der Waals surface area (Å²) in [6.45, 7) is 1.14. The van der Waals surface area contributed by atoms with E-state index in [9.17, 15) is 9.59 Å². The molecule has 4 N–H and O–H groups in total. The smallest absolute Gasteiger partial charge is 0.336 e. The number of imidazole rings is 1. The first-order valence-electron chi connectivity index (χ1n) is 12.3. The second-order valence-corrected chi connectivity index (χ2v) is 8.87. The number of aliphatic hydroxyl groups is 1. The Kier molecular flexibility index (Phi) is 8.33. The monoisotopic (exact) mass is 520 g/mol. The number of aromatic carboxylic acids is 2. The lowest BCUT2D eigenvalue weighted by Crippen LogP contribution is -2.32. The summed E-state index contributed by atoms with van der Waals surface area (Å²) in [4.78, 5) is 29.5. The summed E-state index contributed by atoms with van der Waals surface area (Å²) in [5.41, 5.74) is 3.54. The van der Waals surface area contributed by atoms with Gasteiger partial charge in [0.05, 0.1) is 17.7 Å². The Hall–Kier alpha value is -5.01. The molecule has 0 bridgehead atoms.